The average molecular weight is 296 g/mol. The largest absolute Gasteiger partial charge is 0.466 e. The topological polar surface area (TPSA) is 75.4 Å². The zero-order chi connectivity index (χ0) is 15.6. The summed E-state index contributed by atoms with van der Waals surface area (Å²) in [5, 5.41) is 14.8. The third-order valence-electron chi connectivity index (χ3n) is 3.57. The van der Waals surface area contributed by atoms with E-state index in [4.69, 9.17) is 4.42 Å². The number of hydrogen-bond donors (Lipinski definition) is 2. The van der Waals surface area contributed by atoms with Crippen LogP contribution in [0.25, 0.3) is 10.8 Å². The van der Waals surface area contributed by atoms with Gasteiger partial charge in [0.25, 0.3) is 5.91 Å². The standard InChI is InChI=1S/C17H16N2O3/c1-17(21,15-6-3-9-22-15)11-19-16(20)14-5-2-4-12-10-18-8-7-13(12)14/h2-10,21H,11H2,1H3,(H,19,20). The molecule has 3 rings (SSSR count). The molecular weight excluding hydrogens is 280 g/mol. The number of rotatable bonds is 4. The number of fused-ring (bicyclic) bond motifs is 1. The van der Waals surface area contributed by atoms with Crippen LogP contribution >= 0.6 is 0 Å². The Labute approximate surface area is 127 Å². The van der Waals surface area contributed by atoms with E-state index in [1.807, 2.05) is 12.1 Å². The number of nitrogens with zero attached hydrogens (tertiary/aromatic N) is 1. The van der Waals surface area contributed by atoms with Gasteiger partial charge in [0.1, 0.15) is 11.4 Å². The lowest BCUT2D eigenvalue weighted by molar-refractivity contribution is 0.0330. The summed E-state index contributed by atoms with van der Waals surface area (Å²) in [6.07, 6.45) is 4.85. The normalized spacial score (nSPS) is 13.7. The summed E-state index contributed by atoms with van der Waals surface area (Å²) in [4.78, 5) is 16.4. The van der Waals surface area contributed by atoms with Gasteiger partial charge < -0.3 is 14.8 Å². The molecule has 0 bridgehead atoms. The number of benzene rings is 1. The van der Waals surface area contributed by atoms with E-state index in [9.17, 15) is 9.90 Å². The predicted octanol–water partition coefficient (Wildman–Crippen LogP) is 2.47. The molecule has 0 aliphatic carbocycles. The minimum atomic E-state index is -1.26. The highest BCUT2D eigenvalue weighted by Gasteiger charge is 2.27. The second kappa shape index (κ2) is 5.61. The molecule has 5 nitrogen and oxygen atoms in total. The Morgan fingerprint density at radius 1 is 1.32 bits per heavy atom. The van der Waals surface area contributed by atoms with Gasteiger partial charge in [-0.15, -0.1) is 0 Å². The fourth-order valence-corrected chi connectivity index (χ4v) is 2.34. The maximum Gasteiger partial charge on any atom is 0.252 e. The van der Waals surface area contributed by atoms with Crippen LogP contribution in [0.15, 0.2) is 59.5 Å². The second-order valence-corrected chi connectivity index (χ2v) is 5.34. The van der Waals surface area contributed by atoms with Crippen molar-refractivity contribution in [3.8, 4) is 0 Å². The van der Waals surface area contributed by atoms with Crippen molar-refractivity contribution in [1.29, 1.82) is 0 Å². The number of aliphatic hydroxyl groups is 1. The monoisotopic (exact) mass is 296 g/mol. The molecule has 1 aromatic carbocycles. The maximum absolute atomic E-state index is 12.4. The van der Waals surface area contributed by atoms with Crippen molar-refractivity contribution in [3.63, 3.8) is 0 Å². The molecule has 0 radical (unpaired) electrons. The van der Waals surface area contributed by atoms with E-state index in [2.05, 4.69) is 10.3 Å². The van der Waals surface area contributed by atoms with Crippen LogP contribution in [-0.4, -0.2) is 22.5 Å². The van der Waals surface area contributed by atoms with Crippen LogP contribution in [0.4, 0.5) is 0 Å². The predicted molar refractivity (Wildman–Crippen MR) is 82.4 cm³/mol. The maximum atomic E-state index is 12.4. The van der Waals surface area contributed by atoms with Crippen molar-refractivity contribution in [2.75, 3.05) is 6.54 Å². The number of furan rings is 1. The minimum absolute atomic E-state index is 0.0564. The van der Waals surface area contributed by atoms with Gasteiger partial charge >= 0.3 is 0 Å². The van der Waals surface area contributed by atoms with Gasteiger partial charge in [-0.2, -0.15) is 0 Å². The molecule has 2 aromatic heterocycles. The second-order valence-electron chi connectivity index (χ2n) is 5.34. The number of pyridine rings is 1. The molecule has 0 aliphatic heterocycles. The summed E-state index contributed by atoms with van der Waals surface area (Å²) >= 11 is 0. The van der Waals surface area contributed by atoms with E-state index in [1.165, 1.54) is 6.26 Å². The highest BCUT2D eigenvalue weighted by Crippen LogP contribution is 2.21. The molecule has 0 spiro atoms. The lowest BCUT2D eigenvalue weighted by Gasteiger charge is -2.21. The van der Waals surface area contributed by atoms with Gasteiger partial charge in [-0.1, -0.05) is 12.1 Å². The third-order valence-corrected chi connectivity index (χ3v) is 3.57. The van der Waals surface area contributed by atoms with Gasteiger partial charge in [0.05, 0.1) is 12.8 Å². The van der Waals surface area contributed by atoms with E-state index in [0.29, 0.717) is 11.3 Å². The molecule has 2 N–H and O–H groups in total. The highest BCUT2D eigenvalue weighted by molar-refractivity contribution is 6.06. The van der Waals surface area contributed by atoms with Crippen LogP contribution in [0.5, 0.6) is 0 Å². The van der Waals surface area contributed by atoms with Crippen molar-refractivity contribution < 1.29 is 14.3 Å². The van der Waals surface area contributed by atoms with Crippen molar-refractivity contribution in [2.45, 2.75) is 12.5 Å². The zero-order valence-electron chi connectivity index (χ0n) is 12.1. The van der Waals surface area contributed by atoms with Crippen molar-refractivity contribution in [1.82, 2.24) is 10.3 Å². The highest BCUT2D eigenvalue weighted by atomic mass is 16.4. The third kappa shape index (κ3) is 2.71. The smallest absolute Gasteiger partial charge is 0.252 e. The molecule has 1 atom stereocenters. The van der Waals surface area contributed by atoms with Crippen LogP contribution in [-0.2, 0) is 5.60 Å². The van der Waals surface area contributed by atoms with Crippen LogP contribution in [0.1, 0.15) is 23.0 Å². The molecule has 0 fully saturated rings. The van der Waals surface area contributed by atoms with E-state index >= 15 is 0 Å². The van der Waals surface area contributed by atoms with Gasteiger partial charge in [0.2, 0.25) is 0 Å². The Morgan fingerprint density at radius 3 is 2.95 bits per heavy atom. The quantitative estimate of drug-likeness (QED) is 0.775. The minimum Gasteiger partial charge on any atom is -0.466 e. The van der Waals surface area contributed by atoms with Crippen LogP contribution < -0.4 is 5.32 Å². The Balaban J connectivity index is 1.80. The summed E-state index contributed by atoms with van der Waals surface area (Å²) in [7, 11) is 0. The Hall–Kier alpha value is -2.66. The fourth-order valence-electron chi connectivity index (χ4n) is 2.34. The summed E-state index contributed by atoms with van der Waals surface area (Å²) < 4.78 is 5.20. The lowest BCUT2D eigenvalue weighted by atomic mass is 10.0. The fraction of sp³-hybridized carbons (Fsp3) is 0.176. The molecule has 3 aromatic rings. The number of nitrogens with one attached hydrogen (secondary N) is 1. The average Bonchev–Trinajstić information content (AvgIpc) is 3.07. The van der Waals surface area contributed by atoms with Gasteiger partial charge in [-0.25, -0.2) is 0 Å². The van der Waals surface area contributed by atoms with Crippen LogP contribution in [0.3, 0.4) is 0 Å². The SMILES string of the molecule is CC(O)(CNC(=O)c1cccc2cnccc12)c1ccco1. The number of aromatic nitrogens is 1. The van der Waals surface area contributed by atoms with E-state index < -0.39 is 5.60 Å². The first kappa shape index (κ1) is 14.3. The van der Waals surface area contributed by atoms with E-state index in [1.54, 1.807) is 43.6 Å². The Morgan fingerprint density at radius 2 is 2.18 bits per heavy atom. The van der Waals surface area contributed by atoms with Gasteiger partial charge in [0, 0.05) is 23.3 Å². The number of amides is 1. The molecule has 0 saturated heterocycles. The first-order chi connectivity index (χ1) is 10.6. The first-order valence-corrected chi connectivity index (χ1v) is 6.95. The molecule has 5 heteroatoms. The zero-order valence-corrected chi connectivity index (χ0v) is 12.1. The van der Waals surface area contributed by atoms with Crippen molar-refractivity contribution in [3.05, 3.63) is 66.4 Å². The molecule has 0 aliphatic rings. The lowest BCUT2D eigenvalue weighted by Crippen LogP contribution is -2.38. The van der Waals surface area contributed by atoms with E-state index in [0.717, 1.165) is 10.8 Å². The van der Waals surface area contributed by atoms with Crippen molar-refractivity contribution in [2.24, 2.45) is 0 Å². The molecule has 1 unspecified atom stereocenters. The van der Waals surface area contributed by atoms with Crippen LogP contribution in [0.2, 0.25) is 0 Å². The van der Waals surface area contributed by atoms with Gasteiger partial charge in [0.15, 0.2) is 0 Å². The summed E-state index contributed by atoms with van der Waals surface area (Å²) in [5.41, 5.74) is -0.708. The molecule has 22 heavy (non-hydrogen) atoms. The summed E-state index contributed by atoms with van der Waals surface area (Å²) in [5.74, 6) is 0.165. The molecular formula is C17H16N2O3. The number of carbonyl (C=O) groups is 1. The molecule has 1 amide bonds. The van der Waals surface area contributed by atoms with Crippen LogP contribution in [0, 0.1) is 0 Å². The number of hydrogen-bond acceptors (Lipinski definition) is 4. The molecule has 0 saturated carbocycles. The summed E-state index contributed by atoms with van der Waals surface area (Å²) in [6, 6.07) is 10.6. The number of carbonyl (C=O) groups excluding carboxylic acids is 1. The Kier molecular flexibility index (Phi) is 3.65. The van der Waals surface area contributed by atoms with Gasteiger partial charge in [-0.3, -0.25) is 9.78 Å². The van der Waals surface area contributed by atoms with Gasteiger partial charge in [-0.05, 0) is 36.6 Å². The molecule has 112 valence electrons. The molecule has 2 heterocycles. The van der Waals surface area contributed by atoms with Crippen molar-refractivity contribution >= 4 is 16.7 Å². The summed E-state index contributed by atoms with van der Waals surface area (Å²) in [6.45, 7) is 1.65. The Bertz CT molecular complexity index is 789. The first-order valence-electron chi connectivity index (χ1n) is 6.95. The van der Waals surface area contributed by atoms with E-state index in [-0.39, 0.29) is 12.5 Å².